The summed E-state index contributed by atoms with van der Waals surface area (Å²) in [7, 11) is 0. The van der Waals surface area contributed by atoms with Crippen molar-refractivity contribution in [2.24, 2.45) is 5.73 Å². The van der Waals surface area contributed by atoms with Gasteiger partial charge >= 0.3 is 6.18 Å². The molecule has 4 N–H and O–H groups in total. The number of hydrogen-bond donors (Lipinski definition) is 2. The average molecular weight is 298 g/mol. The molecule has 0 atom stereocenters. The van der Waals surface area contributed by atoms with E-state index in [0.717, 1.165) is 12.1 Å². The van der Waals surface area contributed by atoms with Crippen molar-refractivity contribution in [3.05, 3.63) is 46.6 Å². The van der Waals surface area contributed by atoms with Crippen LogP contribution in [0.2, 0.25) is 0 Å². The molecule has 1 heterocycles. The Morgan fingerprint density at radius 1 is 1.29 bits per heavy atom. The first kappa shape index (κ1) is 14.9. The summed E-state index contributed by atoms with van der Waals surface area (Å²) in [6.45, 7) is 1.73. The van der Waals surface area contributed by atoms with E-state index < -0.39 is 17.6 Å². The number of amides is 1. The van der Waals surface area contributed by atoms with Gasteiger partial charge in [-0.3, -0.25) is 4.79 Å². The Bertz CT molecular complexity index is 674. The van der Waals surface area contributed by atoms with Gasteiger partial charge < -0.3 is 11.5 Å². The van der Waals surface area contributed by atoms with E-state index in [1.165, 1.54) is 16.8 Å². The van der Waals surface area contributed by atoms with Crippen LogP contribution in [0.25, 0.3) is 0 Å². The summed E-state index contributed by atoms with van der Waals surface area (Å²) in [6, 6.07) is 4.64. The minimum absolute atomic E-state index is 0.0971. The van der Waals surface area contributed by atoms with Crippen molar-refractivity contribution in [2.75, 3.05) is 5.73 Å². The third-order valence-electron chi connectivity index (χ3n) is 3.03. The average Bonchev–Trinajstić information content (AvgIpc) is 2.64. The molecular formula is C13H13F3N4O. The first-order chi connectivity index (χ1) is 9.70. The zero-order valence-electron chi connectivity index (χ0n) is 11.1. The van der Waals surface area contributed by atoms with Crippen LogP contribution in [0.3, 0.4) is 0 Å². The number of nitrogens with two attached hydrogens (primary N) is 2. The van der Waals surface area contributed by atoms with Gasteiger partial charge in [-0.15, -0.1) is 0 Å². The number of aryl methyl sites for hydroxylation is 1. The van der Waals surface area contributed by atoms with Crippen molar-refractivity contribution in [3.8, 4) is 0 Å². The Hall–Kier alpha value is -2.51. The van der Waals surface area contributed by atoms with Crippen LogP contribution in [0.5, 0.6) is 0 Å². The fourth-order valence-corrected chi connectivity index (χ4v) is 2.00. The van der Waals surface area contributed by atoms with Gasteiger partial charge in [0.2, 0.25) is 0 Å². The number of hydrogen-bond acceptors (Lipinski definition) is 3. The third kappa shape index (κ3) is 2.99. The van der Waals surface area contributed by atoms with Crippen LogP contribution in [-0.4, -0.2) is 15.7 Å². The fourth-order valence-electron chi connectivity index (χ4n) is 2.00. The number of carbonyl (C=O) groups excluding carboxylic acids is 1. The van der Waals surface area contributed by atoms with Crippen LogP contribution >= 0.6 is 0 Å². The fraction of sp³-hybridized carbons (Fsp3) is 0.231. The van der Waals surface area contributed by atoms with Gasteiger partial charge in [-0.1, -0.05) is 12.1 Å². The van der Waals surface area contributed by atoms with E-state index in [4.69, 9.17) is 11.5 Å². The summed E-state index contributed by atoms with van der Waals surface area (Å²) in [5.74, 6) is -0.594. The van der Waals surface area contributed by atoms with E-state index in [1.54, 1.807) is 6.92 Å². The van der Waals surface area contributed by atoms with Crippen LogP contribution in [0.4, 0.5) is 19.0 Å². The minimum Gasteiger partial charge on any atom is -0.383 e. The highest BCUT2D eigenvalue weighted by Crippen LogP contribution is 2.29. The van der Waals surface area contributed by atoms with E-state index in [1.807, 2.05) is 0 Å². The van der Waals surface area contributed by atoms with Crippen molar-refractivity contribution in [2.45, 2.75) is 19.6 Å². The zero-order chi connectivity index (χ0) is 15.8. The SMILES string of the molecule is Cc1nn(Cc2ccc(C(F)(F)F)cc2)c(N)c1C(N)=O. The molecule has 0 spiro atoms. The molecule has 2 aromatic rings. The maximum atomic E-state index is 12.5. The zero-order valence-corrected chi connectivity index (χ0v) is 11.1. The largest absolute Gasteiger partial charge is 0.416 e. The highest BCUT2D eigenvalue weighted by Gasteiger charge is 2.30. The lowest BCUT2D eigenvalue weighted by atomic mass is 10.1. The van der Waals surface area contributed by atoms with E-state index in [2.05, 4.69) is 5.10 Å². The first-order valence-corrected chi connectivity index (χ1v) is 5.99. The first-order valence-electron chi connectivity index (χ1n) is 5.99. The number of halogens is 3. The second-order valence-corrected chi connectivity index (χ2v) is 4.56. The predicted octanol–water partition coefficient (Wildman–Crippen LogP) is 1.94. The maximum absolute atomic E-state index is 12.5. The number of primary amides is 1. The van der Waals surface area contributed by atoms with Gasteiger partial charge in [0.05, 0.1) is 17.8 Å². The molecule has 1 aromatic carbocycles. The van der Waals surface area contributed by atoms with Gasteiger partial charge in [0.1, 0.15) is 11.4 Å². The molecule has 0 unspecified atom stereocenters. The molecule has 0 radical (unpaired) electrons. The maximum Gasteiger partial charge on any atom is 0.416 e. The molecule has 0 aliphatic heterocycles. The Labute approximate surface area is 118 Å². The summed E-state index contributed by atoms with van der Waals surface area (Å²) in [4.78, 5) is 11.2. The van der Waals surface area contributed by atoms with Crippen LogP contribution in [0.15, 0.2) is 24.3 Å². The van der Waals surface area contributed by atoms with Crippen LogP contribution in [-0.2, 0) is 12.7 Å². The number of nitrogen functional groups attached to an aromatic ring is 1. The molecule has 21 heavy (non-hydrogen) atoms. The molecule has 112 valence electrons. The topological polar surface area (TPSA) is 86.9 Å². The molecular weight excluding hydrogens is 285 g/mol. The van der Waals surface area contributed by atoms with E-state index in [-0.39, 0.29) is 17.9 Å². The lowest BCUT2D eigenvalue weighted by Crippen LogP contribution is -2.15. The lowest BCUT2D eigenvalue weighted by molar-refractivity contribution is -0.137. The van der Waals surface area contributed by atoms with Gasteiger partial charge in [0.25, 0.3) is 5.91 Å². The molecule has 1 amide bonds. The van der Waals surface area contributed by atoms with Crippen LogP contribution < -0.4 is 11.5 Å². The Balaban J connectivity index is 2.27. The van der Waals surface area contributed by atoms with E-state index in [0.29, 0.717) is 11.3 Å². The lowest BCUT2D eigenvalue weighted by Gasteiger charge is -2.08. The Morgan fingerprint density at radius 2 is 1.86 bits per heavy atom. The minimum atomic E-state index is -4.38. The molecule has 0 fully saturated rings. The second-order valence-electron chi connectivity index (χ2n) is 4.56. The van der Waals surface area contributed by atoms with Crippen molar-refractivity contribution in [1.82, 2.24) is 9.78 Å². The normalized spacial score (nSPS) is 11.6. The van der Waals surface area contributed by atoms with Crippen molar-refractivity contribution in [1.29, 1.82) is 0 Å². The van der Waals surface area contributed by atoms with Crippen molar-refractivity contribution < 1.29 is 18.0 Å². The van der Waals surface area contributed by atoms with Gasteiger partial charge in [-0.25, -0.2) is 4.68 Å². The van der Waals surface area contributed by atoms with Crippen LogP contribution in [0.1, 0.15) is 27.2 Å². The third-order valence-corrected chi connectivity index (χ3v) is 3.03. The summed E-state index contributed by atoms with van der Waals surface area (Å²) in [5, 5.41) is 4.07. The second kappa shape index (κ2) is 5.12. The van der Waals surface area contributed by atoms with Gasteiger partial charge in [0.15, 0.2) is 0 Å². The number of carbonyl (C=O) groups is 1. The highest BCUT2D eigenvalue weighted by molar-refractivity contribution is 5.98. The van der Waals surface area contributed by atoms with Crippen molar-refractivity contribution >= 4 is 11.7 Å². The molecule has 2 rings (SSSR count). The Kier molecular flexibility index (Phi) is 3.63. The van der Waals surface area contributed by atoms with Crippen LogP contribution in [0, 0.1) is 6.92 Å². The van der Waals surface area contributed by atoms with E-state index >= 15 is 0 Å². The summed E-state index contributed by atoms with van der Waals surface area (Å²) in [5.41, 5.74) is 11.3. The van der Waals surface area contributed by atoms with Gasteiger partial charge in [0, 0.05) is 0 Å². The molecule has 0 bridgehead atoms. The molecule has 8 heteroatoms. The molecule has 0 aliphatic carbocycles. The summed E-state index contributed by atoms with van der Waals surface area (Å²) in [6.07, 6.45) is -4.38. The smallest absolute Gasteiger partial charge is 0.383 e. The number of aromatic nitrogens is 2. The van der Waals surface area contributed by atoms with Gasteiger partial charge in [-0.2, -0.15) is 18.3 Å². The quantitative estimate of drug-likeness (QED) is 0.907. The predicted molar refractivity (Wildman–Crippen MR) is 70.4 cm³/mol. The van der Waals surface area contributed by atoms with E-state index in [9.17, 15) is 18.0 Å². The molecule has 0 saturated heterocycles. The molecule has 5 nitrogen and oxygen atoms in total. The number of nitrogens with zero attached hydrogens (tertiary/aromatic N) is 2. The number of alkyl halides is 3. The molecule has 0 saturated carbocycles. The molecule has 1 aromatic heterocycles. The summed E-state index contributed by atoms with van der Waals surface area (Å²) < 4.78 is 38.7. The van der Waals surface area contributed by atoms with Crippen molar-refractivity contribution in [3.63, 3.8) is 0 Å². The highest BCUT2D eigenvalue weighted by atomic mass is 19.4. The number of rotatable bonds is 3. The number of benzene rings is 1. The Morgan fingerprint density at radius 3 is 2.29 bits per heavy atom. The van der Waals surface area contributed by atoms with Gasteiger partial charge in [-0.05, 0) is 24.6 Å². The summed E-state index contributed by atoms with van der Waals surface area (Å²) >= 11 is 0. The number of anilines is 1. The monoisotopic (exact) mass is 298 g/mol. The standard InChI is InChI=1S/C13H13F3N4O/c1-7-10(12(18)21)11(17)20(19-7)6-8-2-4-9(5-3-8)13(14,15)16/h2-5H,6,17H2,1H3,(H2,18,21). The molecule has 0 aliphatic rings.